The molecule has 2 amide bonds. The average Bonchev–Trinajstić information content (AvgIpc) is 2.41. The van der Waals surface area contributed by atoms with E-state index in [2.05, 4.69) is 16.6 Å². The lowest BCUT2D eigenvalue weighted by molar-refractivity contribution is -0.123. The Balaban J connectivity index is 2.85. The molecule has 0 unspecified atom stereocenters. The Bertz CT molecular complexity index is 527. The molecule has 0 aliphatic carbocycles. The number of hydrogen-bond acceptors (Lipinski definition) is 3. The van der Waals surface area contributed by atoms with Gasteiger partial charge in [0.1, 0.15) is 11.6 Å². The number of terminal acetylenes is 1. The Morgan fingerprint density at radius 2 is 1.90 bits per heavy atom. The summed E-state index contributed by atoms with van der Waals surface area (Å²) in [6, 6.07) is 8.04. The number of alkyl carbamates (subject to hydrolysis) is 1. The van der Waals surface area contributed by atoms with Crippen LogP contribution in [0, 0.1) is 12.3 Å². The van der Waals surface area contributed by atoms with Gasteiger partial charge in [0, 0.05) is 0 Å². The summed E-state index contributed by atoms with van der Waals surface area (Å²) in [5.74, 6) is 1.94. The molecule has 0 saturated heterocycles. The van der Waals surface area contributed by atoms with Crippen LogP contribution in [0.3, 0.4) is 0 Å². The highest BCUT2D eigenvalue weighted by Gasteiger charge is 2.25. The van der Waals surface area contributed by atoms with Crippen LogP contribution in [0.15, 0.2) is 30.3 Å². The molecule has 0 aliphatic heterocycles. The summed E-state index contributed by atoms with van der Waals surface area (Å²) in [4.78, 5) is 24.0. The van der Waals surface area contributed by atoms with Gasteiger partial charge in [0.25, 0.3) is 0 Å². The molecule has 0 radical (unpaired) electrons. The lowest BCUT2D eigenvalue weighted by Gasteiger charge is -2.23. The third-order valence-corrected chi connectivity index (χ3v) is 2.42. The first-order valence-corrected chi connectivity index (χ1v) is 6.59. The van der Waals surface area contributed by atoms with E-state index in [9.17, 15) is 9.59 Å². The normalized spacial score (nSPS) is 11.9. The Hall–Kier alpha value is -2.48. The van der Waals surface area contributed by atoms with Crippen LogP contribution in [-0.2, 0) is 9.53 Å². The third kappa shape index (κ3) is 6.00. The number of amides is 2. The fourth-order valence-electron chi connectivity index (χ4n) is 1.61. The molecule has 112 valence electrons. The molecular formula is C16H20N2O3. The van der Waals surface area contributed by atoms with Crippen LogP contribution in [0.5, 0.6) is 0 Å². The molecule has 1 aromatic rings. The van der Waals surface area contributed by atoms with E-state index in [1.54, 1.807) is 45.0 Å². The summed E-state index contributed by atoms with van der Waals surface area (Å²) in [6.07, 6.45) is 4.46. The van der Waals surface area contributed by atoms with E-state index in [4.69, 9.17) is 11.2 Å². The molecular weight excluding hydrogens is 268 g/mol. The van der Waals surface area contributed by atoms with Crippen molar-refractivity contribution in [2.75, 3.05) is 6.54 Å². The van der Waals surface area contributed by atoms with Gasteiger partial charge in [0.05, 0.1) is 6.54 Å². The molecule has 5 nitrogen and oxygen atoms in total. The van der Waals surface area contributed by atoms with E-state index in [0.717, 1.165) is 0 Å². The van der Waals surface area contributed by atoms with Crippen molar-refractivity contribution in [3.8, 4) is 12.3 Å². The Labute approximate surface area is 125 Å². The van der Waals surface area contributed by atoms with Crippen molar-refractivity contribution in [1.29, 1.82) is 0 Å². The number of carbonyl (C=O) groups excluding carboxylic acids is 2. The Morgan fingerprint density at radius 3 is 2.43 bits per heavy atom. The quantitative estimate of drug-likeness (QED) is 0.833. The minimum absolute atomic E-state index is 0.0954. The molecule has 21 heavy (non-hydrogen) atoms. The fourth-order valence-corrected chi connectivity index (χ4v) is 1.61. The molecule has 1 aromatic carbocycles. The van der Waals surface area contributed by atoms with Crippen LogP contribution in [0.2, 0.25) is 0 Å². The van der Waals surface area contributed by atoms with Crippen molar-refractivity contribution in [2.45, 2.75) is 32.4 Å². The van der Waals surface area contributed by atoms with Crippen molar-refractivity contribution in [3.63, 3.8) is 0 Å². The molecule has 5 heteroatoms. The number of hydrogen-bond donors (Lipinski definition) is 2. The van der Waals surface area contributed by atoms with E-state index in [0.29, 0.717) is 5.56 Å². The van der Waals surface area contributed by atoms with Gasteiger partial charge in [-0.25, -0.2) is 4.79 Å². The van der Waals surface area contributed by atoms with Gasteiger partial charge in [0.2, 0.25) is 5.91 Å². The summed E-state index contributed by atoms with van der Waals surface area (Å²) in [5.41, 5.74) is 0.0125. The second kappa shape index (κ2) is 7.34. The molecule has 0 spiro atoms. The maximum Gasteiger partial charge on any atom is 0.408 e. The number of benzene rings is 1. The summed E-state index contributed by atoms with van der Waals surface area (Å²) in [5, 5.41) is 5.11. The molecule has 0 bridgehead atoms. The van der Waals surface area contributed by atoms with Crippen LogP contribution in [0.1, 0.15) is 32.4 Å². The molecule has 0 fully saturated rings. The molecule has 2 N–H and O–H groups in total. The second-order valence-electron chi connectivity index (χ2n) is 5.41. The minimum atomic E-state index is -0.852. The van der Waals surface area contributed by atoms with Crippen LogP contribution in [0.25, 0.3) is 0 Å². The summed E-state index contributed by atoms with van der Waals surface area (Å²) < 4.78 is 5.17. The summed E-state index contributed by atoms with van der Waals surface area (Å²) in [6.45, 7) is 5.35. The zero-order chi connectivity index (χ0) is 15.9. The summed E-state index contributed by atoms with van der Waals surface area (Å²) in [7, 11) is 0. The maximum atomic E-state index is 12.1. The summed E-state index contributed by atoms with van der Waals surface area (Å²) >= 11 is 0. The van der Waals surface area contributed by atoms with E-state index >= 15 is 0 Å². The zero-order valence-corrected chi connectivity index (χ0v) is 12.5. The predicted molar refractivity (Wildman–Crippen MR) is 80.4 cm³/mol. The van der Waals surface area contributed by atoms with Gasteiger partial charge in [-0.1, -0.05) is 36.3 Å². The lowest BCUT2D eigenvalue weighted by atomic mass is 10.1. The van der Waals surface area contributed by atoms with E-state index in [-0.39, 0.29) is 12.5 Å². The SMILES string of the molecule is C#CCNC(=O)[C@@H](NC(=O)OC(C)(C)C)c1ccccc1. The van der Waals surface area contributed by atoms with Crippen LogP contribution < -0.4 is 10.6 Å². The monoisotopic (exact) mass is 288 g/mol. The van der Waals surface area contributed by atoms with Crippen molar-refractivity contribution < 1.29 is 14.3 Å². The van der Waals surface area contributed by atoms with Gasteiger partial charge in [-0.2, -0.15) is 0 Å². The zero-order valence-electron chi connectivity index (χ0n) is 12.5. The van der Waals surface area contributed by atoms with Gasteiger partial charge in [-0.3, -0.25) is 4.79 Å². The average molecular weight is 288 g/mol. The van der Waals surface area contributed by atoms with E-state index < -0.39 is 17.7 Å². The molecule has 1 rings (SSSR count). The third-order valence-electron chi connectivity index (χ3n) is 2.42. The first kappa shape index (κ1) is 16.6. The highest BCUT2D eigenvalue weighted by atomic mass is 16.6. The fraction of sp³-hybridized carbons (Fsp3) is 0.375. The number of nitrogens with one attached hydrogen (secondary N) is 2. The molecule has 0 aromatic heterocycles. The minimum Gasteiger partial charge on any atom is -0.444 e. The highest BCUT2D eigenvalue weighted by Crippen LogP contribution is 2.14. The standard InChI is InChI=1S/C16H20N2O3/c1-5-11-17-14(19)13(12-9-7-6-8-10-12)18-15(20)21-16(2,3)4/h1,6-10,13H,11H2,2-4H3,(H,17,19)(H,18,20)/t13-/m0/s1. The van der Waals surface area contributed by atoms with E-state index in [1.807, 2.05) is 6.07 Å². The molecule has 1 atom stereocenters. The number of carbonyl (C=O) groups is 2. The van der Waals surface area contributed by atoms with Crippen molar-refractivity contribution in [1.82, 2.24) is 10.6 Å². The Kier molecular flexibility index (Phi) is 5.79. The van der Waals surface area contributed by atoms with Gasteiger partial charge < -0.3 is 15.4 Å². The van der Waals surface area contributed by atoms with E-state index in [1.165, 1.54) is 0 Å². The first-order valence-electron chi connectivity index (χ1n) is 6.59. The Morgan fingerprint density at radius 1 is 1.29 bits per heavy atom. The topological polar surface area (TPSA) is 67.4 Å². The first-order chi connectivity index (χ1) is 9.83. The maximum absolute atomic E-state index is 12.1. The lowest BCUT2D eigenvalue weighted by Crippen LogP contribution is -2.42. The van der Waals surface area contributed by atoms with Crippen molar-refractivity contribution in [3.05, 3.63) is 35.9 Å². The van der Waals surface area contributed by atoms with Gasteiger partial charge >= 0.3 is 6.09 Å². The van der Waals surface area contributed by atoms with Gasteiger partial charge in [-0.05, 0) is 26.3 Å². The molecule has 0 aliphatic rings. The van der Waals surface area contributed by atoms with Crippen LogP contribution in [0.4, 0.5) is 4.79 Å². The highest BCUT2D eigenvalue weighted by molar-refractivity contribution is 5.87. The number of rotatable bonds is 4. The van der Waals surface area contributed by atoms with Gasteiger partial charge in [0.15, 0.2) is 0 Å². The van der Waals surface area contributed by atoms with Crippen molar-refractivity contribution >= 4 is 12.0 Å². The van der Waals surface area contributed by atoms with Gasteiger partial charge in [-0.15, -0.1) is 6.42 Å². The predicted octanol–water partition coefficient (Wildman–Crippen LogP) is 2.00. The smallest absolute Gasteiger partial charge is 0.408 e. The van der Waals surface area contributed by atoms with Crippen LogP contribution in [-0.4, -0.2) is 24.1 Å². The largest absolute Gasteiger partial charge is 0.444 e. The molecule has 0 saturated carbocycles. The number of ether oxygens (including phenoxy) is 1. The molecule has 0 heterocycles. The second-order valence-corrected chi connectivity index (χ2v) is 5.41. The van der Waals surface area contributed by atoms with Crippen LogP contribution >= 0.6 is 0 Å². The van der Waals surface area contributed by atoms with Crippen molar-refractivity contribution in [2.24, 2.45) is 0 Å².